The summed E-state index contributed by atoms with van der Waals surface area (Å²) in [6.07, 6.45) is 0. The molecule has 0 aliphatic rings. The maximum Gasteiger partial charge on any atom is 0.167 e. The molecule has 2 aromatic rings. The van der Waals surface area contributed by atoms with Crippen LogP contribution in [-0.4, -0.2) is 0 Å². The van der Waals surface area contributed by atoms with Gasteiger partial charge in [-0.15, -0.1) is 11.3 Å². The van der Waals surface area contributed by atoms with E-state index < -0.39 is 11.6 Å². The Morgan fingerprint density at radius 1 is 1.25 bits per heavy atom. The highest BCUT2D eigenvalue weighted by Gasteiger charge is 2.09. The summed E-state index contributed by atoms with van der Waals surface area (Å²) in [6, 6.07) is 2.76. The van der Waals surface area contributed by atoms with E-state index in [2.05, 4.69) is 0 Å². The topological polar surface area (TPSA) is 0 Å². The average Bonchev–Trinajstić information content (AvgIpc) is 2.41. The first-order valence-electron chi connectivity index (χ1n) is 3.52. The highest BCUT2D eigenvalue weighted by molar-refractivity contribution is 7.17. The molecule has 0 fully saturated rings. The second kappa shape index (κ2) is 2.52. The summed E-state index contributed by atoms with van der Waals surface area (Å²) in [4.78, 5) is 0. The molecule has 1 aromatic heterocycles. The Kier molecular flexibility index (Phi) is 1.61. The Balaban J connectivity index is 2.96. The normalized spacial score (nSPS) is 10.9. The van der Waals surface area contributed by atoms with Crippen LogP contribution in [-0.2, 0) is 0 Å². The van der Waals surface area contributed by atoms with Crippen molar-refractivity contribution in [1.29, 1.82) is 0 Å². The van der Waals surface area contributed by atoms with E-state index in [1.54, 1.807) is 13.0 Å². The maximum atomic E-state index is 13.1. The molecule has 0 atom stereocenters. The maximum absolute atomic E-state index is 13.1. The molecule has 0 saturated heterocycles. The summed E-state index contributed by atoms with van der Waals surface area (Å²) in [5.41, 5.74) is 0.798. The van der Waals surface area contributed by atoms with E-state index >= 15 is 0 Å². The molecule has 3 heteroatoms. The van der Waals surface area contributed by atoms with Gasteiger partial charge in [-0.25, -0.2) is 8.78 Å². The second-order valence-electron chi connectivity index (χ2n) is 2.65. The summed E-state index contributed by atoms with van der Waals surface area (Å²) in [7, 11) is 0. The lowest BCUT2D eigenvalue weighted by molar-refractivity contribution is 0.517. The van der Waals surface area contributed by atoms with Crippen LogP contribution in [0.5, 0.6) is 0 Å². The predicted octanol–water partition coefficient (Wildman–Crippen LogP) is 3.49. The van der Waals surface area contributed by atoms with Crippen molar-refractivity contribution in [1.82, 2.24) is 0 Å². The van der Waals surface area contributed by atoms with Crippen molar-refractivity contribution >= 4 is 21.4 Å². The first-order valence-corrected chi connectivity index (χ1v) is 4.40. The van der Waals surface area contributed by atoms with E-state index in [0.717, 1.165) is 16.3 Å². The fourth-order valence-corrected chi connectivity index (χ4v) is 2.15. The molecule has 12 heavy (non-hydrogen) atoms. The minimum atomic E-state index is -0.774. The van der Waals surface area contributed by atoms with Gasteiger partial charge in [0.15, 0.2) is 11.6 Å². The number of hydrogen-bond donors (Lipinski definition) is 0. The van der Waals surface area contributed by atoms with Crippen molar-refractivity contribution in [3.63, 3.8) is 0 Å². The van der Waals surface area contributed by atoms with Crippen LogP contribution >= 0.6 is 11.3 Å². The van der Waals surface area contributed by atoms with E-state index in [1.807, 2.05) is 5.38 Å². The van der Waals surface area contributed by atoms with Gasteiger partial charge in [0.2, 0.25) is 0 Å². The lowest BCUT2D eigenvalue weighted by Gasteiger charge is -1.95. The average molecular weight is 184 g/mol. The van der Waals surface area contributed by atoms with Gasteiger partial charge in [-0.1, -0.05) is 0 Å². The molecule has 0 N–H and O–H groups in total. The van der Waals surface area contributed by atoms with Crippen LogP contribution in [0.4, 0.5) is 8.78 Å². The fourth-order valence-electron chi connectivity index (χ4n) is 1.21. The van der Waals surface area contributed by atoms with Crippen LogP contribution in [0.25, 0.3) is 10.1 Å². The highest BCUT2D eigenvalue weighted by Crippen LogP contribution is 2.28. The molecule has 0 radical (unpaired) electrons. The van der Waals surface area contributed by atoms with Crippen LogP contribution < -0.4 is 0 Å². The largest absolute Gasteiger partial charge is 0.204 e. The molecule has 2 rings (SSSR count). The standard InChI is InChI=1S/C9H6F2S/c1-5-4-12-7-3-2-6(10)9(11)8(5)7/h2-4H,1H3. The molecule has 0 amide bonds. The van der Waals surface area contributed by atoms with Gasteiger partial charge < -0.3 is 0 Å². The van der Waals surface area contributed by atoms with Crippen LogP contribution in [0.15, 0.2) is 17.5 Å². The zero-order valence-electron chi connectivity index (χ0n) is 6.40. The van der Waals surface area contributed by atoms with Crippen molar-refractivity contribution in [2.45, 2.75) is 6.92 Å². The van der Waals surface area contributed by atoms with Crippen LogP contribution in [0.3, 0.4) is 0 Å². The molecular formula is C9H6F2S. The van der Waals surface area contributed by atoms with Crippen molar-refractivity contribution < 1.29 is 8.78 Å². The number of rotatable bonds is 0. The number of halogens is 2. The third kappa shape index (κ3) is 0.932. The van der Waals surface area contributed by atoms with Gasteiger partial charge in [0.1, 0.15) is 0 Å². The Morgan fingerprint density at radius 2 is 2.00 bits per heavy atom. The molecular weight excluding hydrogens is 178 g/mol. The van der Waals surface area contributed by atoms with Gasteiger partial charge in [-0.05, 0) is 30.0 Å². The van der Waals surface area contributed by atoms with Gasteiger partial charge in [-0.2, -0.15) is 0 Å². The number of hydrogen-bond acceptors (Lipinski definition) is 1. The van der Waals surface area contributed by atoms with Crippen LogP contribution in [0.2, 0.25) is 0 Å². The van der Waals surface area contributed by atoms with Crippen molar-refractivity contribution in [3.05, 3.63) is 34.7 Å². The number of benzene rings is 1. The van der Waals surface area contributed by atoms with E-state index in [9.17, 15) is 8.78 Å². The van der Waals surface area contributed by atoms with Crippen molar-refractivity contribution in [2.24, 2.45) is 0 Å². The molecule has 0 aliphatic heterocycles. The lowest BCUT2D eigenvalue weighted by atomic mass is 10.2. The van der Waals surface area contributed by atoms with Crippen LogP contribution in [0.1, 0.15) is 5.56 Å². The molecule has 1 aromatic carbocycles. The van der Waals surface area contributed by atoms with Gasteiger partial charge in [0, 0.05) is 10.1 Å². The lowest BCUT2D eigenvalue weighted by Crippen LogP contribution is -1.83. The molecule has 1 heterocycles. The minimum absolute atomic E-state index is 0.417. The number of fused-ring (bicyclic) bond motifs is 1. The molecule has 62 valence electrons. The third-order valence-corrected chi connectivity index (χ3v) is 2.88. The Labute approximate surface area is 72.4 Å². The SMILES string of the molecule is Cc1csc2ccc(F)c(F)c12. The zero-order valence-corrected chi connectivity index (χ0v) is 7.21. The molecule has 0 spiro atoms. The van der Waals surface area contributed by atoms with Gasteiger partial charge in [0.25, 0.3) is 0 Å². The molecule has 0 unspecified atom stereocenters. The van der Waals surface area contributed by atoms with E-state index in [0.29, 0.717) is 5.39 Å². The summed E-state index contributed by atoms with van der Waals surface area (Å²) in [5.74, 6) is -1.50. The predicted molar refractivity (Wildman–Crippen MR) is 46.5 cm³/mol. The molecule has 0 nitrogen and oxygen atoms in total. The Hall–Kier alpha value is -0.960. The molecule has 0 aliphatic carbocycles. The zero-order chi connectivity index (χ0) is 8.72. The van der Waals surface area contributed by atoms with Gasteiger partial charge >= 0.3 is 0 Å². The fraction of sp³-hybridized carbons (Fsp3) is 0.111. The summed E-state index contributed by atoms with van der Waals surface area (Å²) in [5, 5.41) is 2.24. The smallest absolute Gasteiger partial charge is 0.167 e. The van der Waals surface area contributed by atoms with E-state index in [1.165, 1.54) is 11.3 Å². The number of thiophene rings is 1. The second-order valence-corrected chi connectivity index (χ2v) is 3.56. The van der Waals surface area contributed by atoms with Crippen molar-refractivity contribution in [3.8, 4) is 0 Å². The van der Waals surface area contributed by atoms with E-state index in [4.69, 9.17) is 0 Å². The summed E-state index contributed by atoms with van der Waals surface area (Å²) in [6.45, 7) is 1.78. The Bertz CT molecular complexity index is 431. The molecule has 0 bridgehead atoms. The highest BCUT2D eigenvalue weighted by atomic mass is 32.1. The third-order valence-electron chi connectivity index (χ3n) is 1.81. The Morgan fingerprint density at radius 3 is 2.75 bits per heavy atom. The van der Waals surface area contributed by atoms with Gasteiger partial charge in [0.05, 0.1) is 0 Å². The summed E-state index contributed by atoms with van der Waals surface area (Å²) < 4.78 is 26.7. The van der Waals surface area contributed by atoms with Crippen molar-refractivity contribution in [2.75, 3.05) is 0 Å². The minimum Gasteiger partial charge on any atom is -0.204 e. The first-order chi connectivity index (χ1) is 5.70. The summed E-state index contributed by atoms with van der Waals surface area (Å²) >= 11 is 1.43. The monoisotopic (exact) mass is 184 g/mol. The van der Waals surface area contributed by atoms with Crippen LogP contribution in [0, 0.1) is 18.6 Å². The van der Waals surface area contributed by atoms with Gasteiger partial charge in [-0.3, -0.25) is 0 Å². The number of aryl methyl sites for hydroxylation is 1. The first kappa shape index (κ1) is 7.68. The molecule has 0 saturated carbocycles. The quantitative estimate of drug-likeness (QED) is 0.588. The van der Waals surface area contributed by atoms with E-state index in [-0.39, 0.29) is 0 Å².